The summed E-state index contributed by atoms with van der Waals surface area (Å²) >= 11 is 0. The molecule has 106 valence electrons. The predicted molar refractivity (Wildman–Crippen MR) is 68.1 cm³/mol. The molecule has 2 nitrogen and oxygen atoms in total. The van der Waals surface area contributed by atoms with E-state index in [2.05, 4.69) is 0 Å². The highest BCUT2D eigenvalue weighted by molar-refractivity contribution is 5.37. The second kappa shape index (κ2) is 5.54. The fourth-order valence-corrected chi connectivity index (χ4v) is 1.90. The highest BCUT2D eigenvalue weighted by Gasteiger charge is 2.20. The van der Waals surface area contributed by atoms with Crippen LogP contribution in [0.3, 0.4) is 0 Å². The van der Waals surface area contributed by atoms with E-state index < -0.39 is 23.6 Å². The minimum atomic E-state index is -1.45. The molecule has 0 aromatic heterocycles. The van der Waals surface area contributed by atoms with E-state index in [-0.39, 0.29) is 22.4 Å². The summed E-state index contributed by atoms with van der Waals surface area (Å²) in [6.45, 7) is 1.42. The van der Waals surface area contributed by atoms with Crippen LogP contribution in [0, 0.1) is 24.4 Å². The normalized spacial score (nSPS) is 12.3. The summed E-state index contributed by atoms with van der Waals surface area (Å²) in [6.07, 6.45) is -1.45. The van der Waals surface area contributed by atoms with Gasteiger partial charge in [-0.25, -0.2) is 13.2 Å². The molecule has 1 N–H and O–H groups in total. The molecule has 2 aromatic carbocycles. The molecule has 0 fully saturated rings. The number of hydrogen-bond donors (Lipinski definition) is 1. The predicted octanol–water partition coefficient (Wildman–Crippen LogP) is 3.50. The Bertz CT molecular complexity index is 641. The Morgan fingerprint density at radius 2 is 1.75 bits per heavy atom. The lowest BCUT2D eigenvalue weighted by Crippen LogP contribution is -2.06. The van der Waals surface area contributed by atoms with Crippen LogP contribution < -0.4 is 4.74 Å². The van der Waals surface area contributed by atoms with Gasteiger partial charge in [0, 0.05) is 5.56 Å². The molecule has 0 aliphatic heterocycles. The topological polar surface area (TPSA) is 29.5 Å². The highest BCUT2D eigenvalue weighted by Crippen LogP contribution is 2.29. The lowest BCUT2D eigenvalue weighted by molar-refractivity contribution is 0.212. The first-order valence-electron chi connectivity index (χ1n) is 5.91. The second-order valence-corrected chi connectivity index (χ2v) is 4.40. The maximum atomic E-state index is 13.8. The maximum absolute atomic E-state index is 13.8. The number of benzene rings is 2. The number of hydrogen-bond acceptors (Lipinski definition) is 2. The van der Waals surface area contributed by atoms with Crippen LogP contribution in [0.2, 0.25) is 0 Å². The fraction of sp³-hybridized carbons (Fsp3) is 0.200. The molecule has 0 bridgehead atoms. The first-order valence-corrected chi connectivity index (χ1v) is 5.91. The number of methoxy groups -OCH3 is 1. The number of ether oxygens (including phenoxy) is 1. The zero-order chi connectivity index (χ0) is 14.9. The molecule has 20 heavy (non-hydrogen) atoms. The Hall–Kier alpha value is -2.01. The van der Waals surface area contributed by atoms with Gasteiger partial charge in [0.25, 0.3) is 0 Å². The molecule has 0 aliphatic carbocycles. The van der Waals surface area contributed by atoms with Gasteiger partial charge in [-0.05, 0) is 30.2 Å². The molecule has 0 aliphatic rings. The molecule has 0 saturated carbocycles. The zero-order valence-electron chi connectivity index (χ0n) is 11.0. The quantitative estimate of drug-likeness (QED) is 0.933. The second-order valence-electron chi connectivity index (χ2n) is 4.40. The summed E-state index contributed by atoms with van der Waals surface area (Å²) in [6, 6.07) is 6.37. The van der Waals surface area contributed by atoms with Gasteiger partial charge in [-0.2, -0.15) is 0 Å². The molecule has 0 amide bonds. The van der Waals surface area contributed by atoms with Crippen LogP contribution in [-0.4, -0.2) is 12.2 Å². The van der Waals surface area contributed by atoms with Gasteiger partial charge in [-0.1, -0.05) is 18.2 Å². The fourth-order valence-electron chi connectivity index (χ4n) is 1.90. The van der Waals surface area contributed by atoms with Gasteiger partial charge in [0.05, 0.1) is 7.11 Å². The number of halogens is 3. The zero-order valence-corrected chi connectivity index (χ0v) is 11.0. The van der Waals surface area contributed by atoms with Gasteiger partial charge in [-0.3, -0.25) is 0 Å². The van der Waals surface area contributed by atoms with Crippen LogP contribution >= 0.6 is 0 Å². The van der Waals surface area contributed by atoms with Gasteiger partial charge in [-0.15, -0.1) is 0 Å². The molecule has 2 rings (SSSR count). The van der Waals surface area contributed by atoms with Crippen molar-refractivity contribution >= 4 is 0 Å². The Kier molecular flexibility index (Phi) is 3.99. The van der Waals surface area contributed by atoms with Crippen molar-refractivity contribution in [2.24, 2.45) is 0 Å². The van der Waals surface area contributed by atoms with Crippen molar-refractivity contribution in [1.82, 2.24) is 0 Å². The monoisotopic (exact) mass is 282 g/mol. The molecule has 0 saturated heterocycles. The lowest BCUT2D eigenvalue weighted by atomic mass is 9.99. The lowest BCUT2D eigenvalue weighted by Gasteiger charge is -2.14. The van der Waals surface area contributed by atoms with Crippen LogP contribution in [0.25, 0.3) is 0 Å². The molecule has 0 spiro atoms. The first-order chi connectivity index (χ1) is 9.45. The Morgan fingerprint density at radius 3 is 2.35 bits per heavy atom. The van der Waals surface area contributed by atoms with Crippen LogP contribution in [0.1, 0.15) is 22.8 Å². The van der Waals surface area contributed by atoms with E-state index in [0.717, 1.165) is 6.07 Å². The van der Waals surface area contributed by atoms with E-state index in [1.165, 1.54) is 38.3 Å². The molecular weight excluding hydrogens is 269 g/mol. The molecule has 2 aromatic rings. The maximum Gasteiger partial charge on any atom is 0.165 e. The molecule has 0 heterocycles. The Labute approximate surface area is 114 Å². The highest BCUT2D eigenvalue weighted by atomic mass is 19.2. The van der Waals surface area contributed by atoms with Gasteiger partial charge >= 0.3 is 0 Å². The average molecular weight is 282 g/mol. The third-order valence-electron chi connectivity index (χ3n) is 3.09. The van der Waals surface area contributed by atoms with Crippen molar-refractivity contribution in [3.05, 3.63) is 64.5 Å². The van der Waals surface area contributed by atoms with E-state index in [9.17, 15) is 18.3 Å². The van der Waals surface area contributed by atoms with Crippen LogP contribution in [0.15, 0.2) is 30.3 Å². The van der Waals surface area contributed by atoms with Crippen molar-refractivity contribution < 1.29 is 23.0 Å². The smallest absolute Gasteiger partial charge is 0.165 e. The largest absolute Gasteiger partial charge is 0.494 e. The first kappa shape index (κ1) is 14.4. The van der Waals surface area contributed by atoms with Crippen LogP contribution in [0.4, 0.5) is 13.2 Å². The van der Waals surface area contributed by atoms with Crippen molar-refractivity contribution in [1.29, 1.82) is 0 Å². The molecule has 1 unspecified atom stereocenters. The van der Waals surface area contributed by atoms with E-state index in [1.807, 2.05) is 0 Å². The van der Waals surface area contributed by atoms with Gasteiger partial charge in [0.15, 0.2) is 23.2 Å². The number of aliphatic hydroxyl groups is 1. The van der Waals surface area contributed by atoms with Crippen LogP contribution in [-0.2, 0) is 0 Å². The summed E-state index contributed by atoms with van der Waals surface area (Å²) < 4.78 is 45.6. The van der Waals surface area contributed by atoms with Gasteiger partial charge in [0.1, 0.15) is 6.10 Å². The third kappa shape index (κ3) is 2.49. The van der Waals surface area contributed by atoms with E-state index in [0.29, 0.717) is 0 Å². The standard InChI is InChI=1S/C15H13F3O2/c1-8-3-5-10(14(18)13(8)17)15(19)9-4-6-12(20-2)11(16)7-9/h3-7,15,19H,1-2H3. The summed E-state index contributed by atoms with van der Waals surface area (Å²) in [4.78, 5) is 0. The van der Waals surface area contributed by atoms with Crippen molar-refractivity contribution in [3.8, 4) is 5.75 Å². The average Bonchev–Trinajstić information content (AvgIpc) is 2.44. The van der Waals surface area contributed by atoms with Crippen molar-refractivity contribution in [2.45, 2.75) is 13.0 Å². The van der Waals surface area contributed by atoms with E-state index in [4.69, 9.17) is 4.74 Å². The number of aryl methyl sites for hydroxylation is 1. The Balaban J connectivity index is 2.44. The molecular formula is C15H13F3O2. The number of rotatable bonds is 3. The van der Waals surface area contributed by atoms with Crippen LogP contribution in [0.5, 0.6) is 5.75 Å². The number of aliphatic hydroxyl groups excluding tert-OH is 1. The molecule has 5 heteroatoms. The summed E-state index contributed by atoms with van der Waals surface area (Å²) in [5.41, 5.74) is 0.0162. The molecule has 0 radical (unpaired) electrons. The van der Waals surface area contributed by atoms with Gasteiger partial charge in [0.2, 0.25) is 0 Å². The summed E-state index contributed by atoms with van der Waals surface area (Å²) in [7, 11) is 1.31. The minimum absolute atomic E-state index is 0.0107. The third-order valence-corrected chi connectivity index (χ3v) is 3.09. The molecule has 1 atom stereocenters. The SMILES string of the molecule is COc1ccc(C(O)c2ccc(C)c(F)c2F)cc1F. The summed E-state index contributed by atoms with van der Waals surface area (Å²) in [5.74, 6) is -2.82. The summed E-state index contributed by atoms with van der Waals surface area (Å²) in [5, 5.41) is 10.1. The van der Waals surface area contributed by atoms with E-state index in [1.54, 1.807) is 0 Å². The Morgan fingerprint density at radius 1 is 1.05 bits per heavy atom. The van der Waals surface area contributed by atoms with Crippen molar-refractivity contribution in [3.63, 3.8) is 0 Å². The van der Waals surface area contributed by atoms with Crippen molar-refractivity contribution in [2.75, 3.05) is 7.11 Å². The minimum Gasteiger partial charge on any atom is -0.494 e. The van der Waals surface area contributed by atoms with E-state index >= 15 is 0 Å². The van der Waals surface area contributed by atoms with Gasteiger partial charge < -0.3 is 9.84 Å².